The molecule has 1 aliphatic rings. The van der Waals surface area contributed by atoms with E-state index in [0.717, 1.165) is 25.9 Å². The zero-order chi connectivity index (χ0) is 15.2. The van der Waals surface area contributed by atoms with E-state index >= 15 is 0 Å². The predicted octanol–water partition coefficient (Wildman–Crippen LogP) is 1.33. The zero-order valence-electron chi connectivity index (χ0n) is 12.5. The highest BCUT2D eigenvalue weighted by atomic mass is 16.5. The molecule has 0 bridgehead atoms. The van der Waals surface area contributed by atoms with Crippen molar-refractivity contribution in [1.29, 1.82) is 0 Å². The van der Waals surface area contributed by atoms with Crippen molar-refractivity contribution in [3.63, 3.8) is 0 Å². The number of methoxy groups -OCH3 is 1. The Morgan fingerprint density at radius 3 is 2.76 bits per heavy atom. The molecule has 1 heterocycles. The van der Waals surface area contributed by atoms with Crippen LogP contribution in [0.1, 0.15) is 25.3 Å². The Morgan fingerprint density at radius 1 is 1.38 bits per heavy atom. The number of esters is 1. The van der Waals surface area contributed by atoms with Crippen LogP contribution in [0.2, 0.25) is 0 Å². The highest BCUT2D eigenvalue weighted by molar-refractivity contribution is 5.87. The van der Waals surface area contributed by atoms with Crippen LogP contribution in [0.5, 0.6) is 0 Å². The van der Waals surface area contributed by atoms with E-state index in [4.69, 9.17) is 0 Å². The summed E-state index contributed by atoms with van der Waals surface area (Å²) in [7, 11) is 1.32. The first-order valence-electron chi connectivity index (χ1n) is 7.28. The second-order valence-corrected chi connectivity index (χ2v) is 5.37. The first-order valence-corrected chi connectivity index (χ1v) is 7.28. The van der Waals surface area contributed by atoms with Crippen molar-refractivity contribution >= 4 is 11.9 Å². The number of ether oxygens (including phenoxy) is 1. The van der Waals surface area contributed by atoms with Crippen LogP contribution in [0.4, 0.5) is 0 Å². The average molecular weight is 290 g/mol. The third-order valence-corrected chi connectivity index (χ3v) is 3.81. The standard InChI is InChI=1S/C16H22N2O3/c1-12(16(20)21-2)17-15(19)14-9-6-10-18(14)11-13-7-4-3-5-8-13/h3-5,7-8,12,14H,6,9-11H2,1-2H3,(H,17,19)/t12-,14-/m0/s1. The highest BCUT2D eigenvalue weighted by Gasteiger charge is 2.32. The van der Waals surface area contributed by atoms with Gasteiger partial charge < -0.3 is 10.1 Å². The molecule has 1 amide bonds. The van der Waals surface area contributed by atoms with Gasteiger partial charge in [-0.05, 0) is 31.9 Å². The van der Waals surface area contributed by atoms with Gasteiger partial charge in [-0.3, -0.25) is 9.69 Å². The molecule has 5 heteroatoms. The zero-order valence-corrected chi connectivity index (χ0v) is 12.5. The summed E-state index contributed by atoms with van der Waals surface area (Å²) in [6, 6.07) is 9.32. The van der Waals surface area contributed by atoms with Crippen molar-refractivity contribution in [1.82, 2.24) is 10.2 Å². The lowest BCUT2D eigenvalue weighted by Gasteiger charge is -2.24. The van der Waals surface area contributed by atoms with Gasteiger partial charge in [0.15, 0.2) is 0 Å². The molecule has 1 saturated heterocycles. The van der Waals surface area contributed by atoms with Crippen molar-refractivity contribution in [2.75, 3.05) is 13.7 Å². The summed E-state index contributed by atoms with van der Waals surface area (Å²) in [4.78, 5) is 25.9. The van der Waals surface area contributed by atoms with Gasteiger partial charge in [0, 0.05) is 6.54 Å². The maximum Gasteiger partial charge on any atom is 0.328 e. The van der Waals surface area contributed by atoms with Crippen LogP contribution in [0, 0.1) is 0 Å². The van der Waals surface area contributed by atoms with Gasteiger partial charge in [-0.25, -0.2) is 4.79 Å². The van der Waals surface area contributed by atoms with Gasteiger partial charge in [0.2, 0.25) is 5.91 Å². The Bertz CT molecular complexity index is 490. The lowest BCUT2D eigenvalue weighted by molar-refractivity contribution is -0.145. The number of rotatable bonds is 5. The lowest BCUT2D eigenvalue weighted by Crippen LogP contribution is -2.48. The Balaban J connectivity index is 1.95. The van der Waals surface area contributed by atoms with E-state index in [0.29, 0.717) is 0 Å². The molecule has 5 nitrogen and oxygen atoms in total. The summed E-state index contributed by atoms with van der Waals surface area (Å²) in [5.74, 6) is -0.516. The van der Waals surface area contributed by atoms with Crippen molar-refractivity contribution in [3.8, 4) is 0 Å². The summed E-state index contributed by atoms with van der Waals surface area (Å²) in [5.41, 5.74) is 1.19. The number of nitrogens with zero attached hydrogens (tertiary/aromatic N) is 1. The molecule has 0 unspecified atom stereocenters. The normalized spacial score (nSPS) is 20.0. The highest BCUT2D eigenvalue weighted by Crippen LogP contribution is 2.20. The van der Waals surface area contributed by atoms with E-state index in [1.165, 1.54) is 12.7 Å². The Hall–Kier alpha value is -1.88. The van der Waals surface area contributed by atoms with E-state index in [-0.39, 0.29) is 11.9 Å². The third-order valence-electron chi connectivity index (χ3n) is 3.81. The molecule has 0 aromatic heterocycles. The van der Waals surface area contributed by atoms with Crippen molar-refractivity contribution in [3.05, 3.63) is 35.9 Å². The Kier molecular flexibility index (Phi) is 5.33. The summed E-state index contributed by atoms with van der Waals surface area (Å²) in [5, 5.41) is 2.73. The molecule has 0 spiro atoms. The molecule has 0 aliphatic carbocycles. The molecule has 1 fully saturated rings. The molecule has 21 heavy (non-hydrogen) atoms. The Morgan fingerprint density at radius 2 is 2.10 bits per heavy atom. The number of carbonyl (C=O) groups is 2. The number of hydrogen-bond acceptors (Lipinski definition) is 4. The molecule has 114 valence electrons. The fourth-order valence-corrected chi connectivity index (χ4v) is 2.68. The minimum atomic E-state index is -0.610. The quantitative estimate of drug-likeness (QED) is 0.831. The molecule has 2 atom stereocenters. The van der Waals surface area contributed by atoms with E-state index in [1.54, 1.807) is 6.92 Å². The molecule has 0 saturated carbocycles. The van der Waals surface area contributed by atoms with Gasteiger partial charge in [0.1, 0.15) is 6.04 Å². The third kappa shape index (κ3) is 4.04. The van der Waals surface area contributed by atoms with Crippen LogP contribution < -0.4 is 5.32 Å². The number of nitrogens with one attached hydrogen (secondary N) is 1. The fourth-order valence-electron chi connectivity index (χ4n) is 2.68. The van der Waals surface area contributed by atoms with Crippen molar-refractivity contribution in [2.24, 2.45) is 0 Å². The number of benzene rings is 1. The SMILES string of the molecule is COC(=O)[C@H](C)NC(=O)[C@@H]1CCCN1Cc1ccccc1. The van der Waals surface area contributed by atoms with Gasteiger partial charge in [-0.1, -0.05) is 30.3 Å². The smallest absolute Gasteiger partial charge is 0.328 e. The summed E-state index contributed by atoms with van der Waals surface area (Å²) < 4.78 is 4.63. The molecule has 1 aromatic rings. The topological polar surface area (TPSA) is 58.6 Å². The van der Waals surface area contributed by atoms with Gasteiger partial charge in [-0.15, -0.1) is 0 Å². The second-order valence-electron chi connectivity index (χ2n) is 5.37. The molecular weight excluding hydrogens is 268 g/mol. The van der Waals surface area contributed by atoms with E-state index < -0.39 is 12.0 Å². The minimum absolute atomic E-state index is 0.0960. The van der Waals surface area contributed by atoms with E-state index in [2.05, 4.69) is 27.1 Å². The summed E-state index contributed by atoms with van der Waals surface area (Å²) >= 11 is 0. The lowest BCUT2D eigenvalue weighted by atomic mass is 10.1. The number of carbonyl (C=O) groups excluding carboxylic acids is 2. The van der Waals surface area contributed by atoms with Crippen LogP contribution in [0.25, 0.3) is 0 Å². The maximum absolute atomic E-state index is 12.3. The largest absolute Gasteiger partial charge is 0.467 e. The van der Waals surface area contributed by atoms with Crippen LogP contribution in [-0.2, 0) is 20.9 Å². The minimum Gasteiger partial charge on any atom is -0.467 e. The van der Waals surface area contributed by atoms with E-state index in [9.17, 15) is 9.59 Å². The van der Waals surface area contributed by atoms with Crippen molar-refractivity contribution in [2.45, 2.75) is 38.4 Å². The van der Waals surface area contributed by atoms with Gasteiger partial charge in [-0.2, -0.15) is 0 Å². The van der Waals surface area contributed by atoms with Gasteiger partial charge in [0.25, 0.3) is 0 Å². The molecule has 2 rings (SSSR count). The van der Waals surface area contributed by atoms with Gasteiger partial charge >= 0.3 is 5.97 Å². The number of amides is 1. The average Bonchev–Trinajstić information content (AvgIpc) is 2.95. The summed E-state index contributed by atoms with van der Waals surface area (Å²) in [6.45, 7) is 3.30. The molecular formula is C16H22N2O3. The number of hydrogen-bond donors (Lipinski definition) is 1. The first kappa shape index (κ1) is 15.5. The first-order chi connectivity index (χ1) is 10.1. The van der Waals surface area contributed by atoms with Crippen LogP contribution in [0.3, 0.4) is 0 Å². The molecule has 0 radical (unpaired) electrons. The van der Waals surface area contributed by atoms with Crippen molar-refractivity contribution < 1.29 is 14.3 Å². The predicted molar refractivity (Wildman–Crippen MR) is 79.5 cm³/mol. The maximum atomic E-state index is 12.3. The second kappa shape index (κ2) is 7.22. The van der Waals surface area contributed by atoms with Crippen LogP contribution in [-0.4, -0.2) is 42.5 Å². The fraction of sp³-hybridized carbons (Fsp3) is 0.500. The van der Waals surface area contributed by atoms with Gasteiger partial charge in [0.05, 0.1) is 13.2 Å². The Labute approximate surface area is 125 Å². The molecule has 1 aromatic carbocycles. The van der Waals surface area contributed by atoms with Crippen LogP contribution in [0.15, 0.2) is 30.3 Å². The summed E-state index contributed by atoms with van der Waals surface area (Å²) in [6.07, 6.45) is 1.82. The van der Waals surface area contributed by atoms with Crippen LogP contribution >= 0.6 is 0 Å². The molecule has 1 aliphatic heterocycles. The monoisotopic (exact) mass is 290 g/mol. The van der Waals surface area contributed by atoms with E-state index in [1.807, 2.05) is 18.2 Å². The number of likely N-dealkylation sites (tertiary alicyclic amines) is 1. The molecule has 1 N–H and O–H groups in total.